The summed E-state index contributed by atoms with van der Waals surface area (Å²) in [5, 5.41) is 8.81. The number of unbranched alkanes of at least 4 members (excludes halogenated alkanes) is 1. The fourth-order valence-corrected chi connectivity index (χ4v) is 1.02. The van der Waals surface area contributed by atoms with Crippen LogP contribution in [0, 0.1) is 0 Å². The third-order valence-corrected chi connectivity index (χ3v) is 2.00. The van der Waals surface area contributed by atoms with Gasteiger partial charge in [-0.15, -0.1) is 0 Å². The molecule has 0 aromatic heterocycles. The third kappa shape index (κ3) is 4.86. The van der Waals surface area contributed by atoms with Crippen molar-refractivity contribution in [3.05, 3.63) is 0 Å². The van der Waals surface area contributed by atoms with Crippen LogP contribution in [-0.4, -0.2) is 35.3 Å². The average Bonchev–Trinajstić information content (AvgIpc) is 2.18. The summed E-state index contributed by atoms with van der Waals surface area (Å²) in [6, 6.07) is 0. The van der Waals surface area contributed by atoms with E-state index in [2.05, 4.69) is 9.98 Å². The lowest BCUT2D eigenvalue weighted by atomic mass is 9.96. The van der Waals surface area contributed by atoms with Gasteiger partial charge in [0.05, 0.1) is 6.54 Å². The van der Waals surface area contributed by atoms with Crippen molar-refractivity contribution >= 4 is 18.1 Å². The van der Waals surface area contributed by atoms with Crippen LogP contribution in [0.15, 0.2) is 9.98 Å². The van der Waals surface area contributed by atoms with Crippen LogP contribution in [0.1, 0.15) is 26.2 Å². The molecule has 0 heterocycles. The van der Waals surface area contributed by atoms with E-state index in [1.54, 1.807) is 0 Å². The molecular weight excluding hydrogens is 200 g/mol. The third-order valence-electron chi connectivity index (χ3n) is 2.00. The van der Waals surface area contributed by atoms with Gasteiger partial charge in [-0.3, -0.25) is 0 Å². The normalized spacial score (nSPS) is 13.1. The van der Waals surface area contributed by atoms with Crippen LogP contribution in [0.2, 0.25) is 0 Å². The summed E-state index contributed by atoms with van der Waals surface area (Å²) < 4.78 is 0. The number of aliphatic imine (C=N–C) groups is 2. The molecule has 0 amide bonds. The first-order chi connectivity index (χ1) is 7.06. The molecule has 0 aliphatic rings. The maximum Gasteiger partial charge on any atom is 0.332 e. The lowest BCUT2D eigenvalue weighted by Crippen LogP contribution is -2.32. The van der Waals surface area contributed by atoms with E-state index in [0.717, 1.165) is 0 Å². The Labute approximate surface area is 86.7 Å². The van der Waals surface area contributed by atoms with Crippen molar-refractivity contribution in [2.24, 2.45) is 9.98 Å². The highest BCUT2D eigenvalue weighted by molar-refractivity contribution is 5.79. The molecule has 0 aromatic carbocycles. The van der Waals surface area contributed by atoms with E-state index in [9.17, 15) is 14.4 Å². The van der Waals surface area contributed by atoms with Crippen molar-refractivity contribution < 1.29 is 19.5 Å². The van der Waals surface area contributed by atoms with Gasteiger partial charge >= 0.3 is 5.97 Å². The summed E-state index contributed by atoms with van der Waals surface area (Å²) in [7, 11) is 0. The first-order valence-corrected chi connectivity index (χ1v) is 4.43. The van der Waals surface area contributed by atoms with Gasteiger partial charge in [0.1, 0.15) is 0 Å². The monoisotopic (exact) mass is 212 g/mol. The number of hydrogen-bond acceptors (Lipinski definition) is 5. The van der Waals surface area contributed by atoms with Gasteiger partial charge in [-0.25, -0.2) is 19.4 Å². The predicted molar refractivity (Wildman–Crippen MR) is 51.0 cm³/mol. The summed E-state index contributed by atoms with van der Waals surface area (Å²) in [6.45, 7) is 1.66. The smallest absolute Gasteiger partial charge is 0.332 e. The van der Waals surface area contributed by atoms with Gasteiger partial charge < -0.3 is 5.11 Å². The molecule has 0 aromatic rings. The van der Waals surface area contributed by atoms with Gasteiger partial charge in [0.25, 0.3) is 0 Å². The highest BCUT2D eigenvalue weighted by Crippen LogP contribution is 2.18. The van der Waals surface area contributed by atoms with Crippen molar-refractivity contribution in [3.8, 4) is 0 Å². The quantitative estimate of drug-likeness (QED) is 0.381. The first kappa shape index (κ1) is 13.2. The van der Waals surface area contributed by atoms with Crippen LogP contribution < -0.4 is 0 Å². The number of carbonyl (C=O) groups is 1. The van der Waals surface area contributed by atoms with Crippen LogP contribution in [-0.2, 0) is 14.4 Å². The standard InChI is InChI=1S/C9H12N2O4/c1-9(8(14)15,11-7-13)4-2-3-5-10-6-12/h2-5H2,1H3,(H,14,15). The number of nitrogens with zero attached hydrogens (tertiary/aromatic N) is 2. The summed E-state index contributed by atoms with van der Waals surface area (Å²) in [5.74, 6) is -1.16. The Balaban J connectivity index is 4.14. The highest BCUT2D eigenvalue weighted by Gasteiger charge is 2.31. The number of carbonyl (C=O) groups excluding carboxylic acids is 2. The minimum atomic E-state index is -1.42. The number of aliphatic carboxylic acids is 1. The number of hydrogen-bond donors (Lipinski definition) is 1. The maximum absolute atomic E-state index is 10.8. The van der Waals surface area contributed by atoms with Gasteiger partial charge in [0.2, 0.25) is 12.2 Å². The van der Waals surface area contributed by atoms with E-state index in [-0.39, 0.29) is 6.42 Å². The summed E-state index contributed by atoms with van der Waals surface area (Å²) in [5.41, 5.74) is -1.42. The molecule has 0 rings (SSSR count). The van der Waals surface area contributed by atoms with Crippen LogP contribution in [0.3, 0.4) is 0 Å². The van der Waals surface area contributed by atoms with Crippen LogP contribution in [0.25, 0.3) is 0 Å². The van der Waals surface area contributed by atoms with E-state index in [0.29, 0.717) is 19.4 Å². The lowest BCUT2D eigenvalue weighted by Gasteiger charge is -2.16. The van der Waals surface area contributed by atoms with Crippen molar-refractivity contribution in [2.45, 2.75) is 31.7 Å². The van der Waals surface area contributed by atoms with E-state index in [1.807, 2.05) is 0 Å². The van der Waals surface area contributed by atoms with E-state index >= 15 is 0 Å². The second-order valence-electron chi connectivity index (χ2n) is 3.21. The zero-order chi connectivity index (χ0) is 11.7. The summed E-state index contributed by atoms with van der Waals surface area (Å²) in [6.07, 6.45) is 3.93. The van der Waals surface area contributed by atoms with Crippen LogP contribution in [0.4, 0.5) is 0 Å². The average molecular weight is 212 g/mol. The van der Waals surface area contributed by atoms with E-state index < -0.39 is 11.5 Å². The first-order valence-electron chi connectivity index (χ1n) is 4.43. The number of isocyanates is 2. The second-order valence-corrected chi connectivity index (χ2v) is 3.21. The van der Waals surface area contributed by atoms with Gasteiger partial charge in [-0.1, -0.05) is 0 Å². The summed E-state index contributed by atoms with van der Waals surface area (Å²) >= 11 is 0. The fourth-order valence-electron chi connectivity index (χ4n) is 1.02. The lowest BCUT2D eigenvalue weighted by molar-refractivity contribution is -0.142. The molecular formula is C9H12N2O4. The Morgan fingerprint density at radius 1 is 1.33 bits per heavy atom. The van der Waals surface area contributed by atoms with Gasteiger partial charge in [0, 0.05) is 0 Å². The minimum Gasteiger partial charge on any atom is -0.479 e. The molecule has 0 saturated heterocycles. The Bertz CT molecular complexity index is 312. The van der Waals surface area contributed by atoms with Crippen LogP contribution >= 0.6 is 0 Å². The highest BCUT2D eigenvalue weighted by atomic mass is 16.4. The SMILES string of the molecule is CC(CCCCN=C=O)(N=C=O)C(=O)O. The van der Waals surface area contributed by atoms with Gasteiger partial charge in [-0.05, 0) is 26.2 Å². The number of carboxylic acids is 1. The largest absolute Gasteiger partial charge is 0.479 e. The molecule has 0 aliphatic carbocycles. The molecule has 0 fully saturated rings. The molecule has 15 heavy (non-hydrogen) atoms. The molecule has 0 spiro atoms. The molecule has 1 unspecified atom stereocenters. The Morgan fingerprint density at radius 2 is 2.00 bits per heavy atom. The topological polar surface area (TPSA) is 96.2 Å². The van der Waals surface area contributed by atoms with Crippen molar-refractivity contribution in [1.82, 2.24) is 0 Å². The van der Waals surface area contributed by atoms with Gasteiger partial charge in [-0.2, -0.15) is 4.99 Å². The maximum atomic E-state index is 10.8. The minimum absolute atomic E-state index is 0.214. The van der Waals surface area contributed by atoms with E-state index in [1.165, 1.54) is 19.1 Å². The number of carboxylic acid groups (broad SMARTS) is 1. The van der Waals surface area contributed by atoms with Crippen LogP contribution in [0.5, 0.6) is 0 Å². The Hall–Kier alpha value is -1.77. The zero-order valence-electron chi connectivity index (χ0n) is 8.39. The fraction of sp³-hybridized carbons (Fsp3) is 0.667. The molecule has 0 saturated carbocycles. The molecule has 0 radical (unpaired) electrons. The molecule has 0 bridgehead atoms. The molecule has 82 valence electrons. The molecule has 6 nitrogen and oxygen atoms in total. The van der Waals surface area contributed by atoms with Gasteiger partial charge in [0.15, 0.2) is 5.54 Å². The van der Waals surface area contributed by atoms with Crippen molar-refractivity contribution in [2.75, 3.05) is 6.54 Å². The van der Waals surface area contributed by atoms with Crippen molar-refractivity contribution in [3.63, 3.8) is 0 Å². The summed E-state index contributed by atoms with van der Waals surface area (Å²) in [4.78, 5) is 37.1. The molecule has 1 atom stereocenters. The second kappa shape index (κ2) is 6.65. The van der Waals surface area contributed by atoms with Crippen molar-refractivity contribution in [1.29, 1.82) is 0 Å². The molecule has 6 heteroatoms. The predicted octanol–water partition coefficient (Wildman–Crippen LogP) is 0.672. The van der Waals surface area contributed by atoms with E-state index in [4.69, 9.17) is 5.11 Å². The Morgan fingerprint density at radius 3 is 2.47 bits per heavy atom. The molecule has 1 N–H and O–H groups in total. The number of rotatable bonds is 7. The Kier molecular flexibility index (Phi) is 5.86. The zero-order valence-corrected chi connectivity index (χ0v) is 8.39. The molecule has 0 aliphatic heterocycles.